The monoisotopic (exact) mass is 250 g/mol. The lowest BCUT2D eigenvalue weighted by Gasteiger charge is -2.06. The molecule has 0 aliphatic heterocycles. The minimum Gasteiger partial charge on any atom is -0.397 e. The van der Waals surface area contributed by atoms with Gasteiger partial charge in [0.1, 0.15) is 0 Å². The van der Waals surface area contributed by atoms with Gasteiger partial charge in [-0.25, -0.2) is 13.1 Å². The molecule has 0 fully saturated rings. The molecule has 7 heteroatoms. The third kappa shape index (κ3) is 3.07. The first-order valence-electron chi connectivity index (χ1n) is 4.13. The fourth-order valence-electron chi connectivity index (χ4n) is 0.952. The van der Waals surface area contributed by atoms with E-state index in [0.717, 1.165) is 0 Å². The van der Waals surface area contributed by atoms with E-state index < -0.39 is 10.0 Å². The highest BCUT2D eigenvalue weighted by molar-refractivity contribution is 7.89. The van der Waals surface area contributed by atoms with Gasteiger partial charge in [0.15, 0.2) is 0 Å². The summed E-state index contributed by atoms with van der Waals surface area (Å²) in [7, 11) is -3.61. The second kappa shape index (κ2) is 4.80. The molecule has 0 saturated carbocycles. The Labute approximate surface area is 92.9 Å². The van der Waals surface area contributed by atoms with Gasteiger partial charge in [0.25, 0.3) is 0 Å². The van der Waals surface area contributed by atoms with E-state index in [1.807, 2.05) is 0 Å². The lowest BCUT2D eigenvalue weighted by Crippen LogP contribution is -2.26. The van der Waals surface area contributed by atoms with E-state index in [9.17, 15) is 8.42 Å². The van der Waals surface area contributed by atoms with Crippen LogP contribution in [0.3, 0.4) is 0 Å². The van der Waals surface area contributed by atoms with Crippen LogP contribution < -0.4 is 10.5 Å². The molecule has 0 amide bonds. The highest BCUT2D eigenvalue weighted by Gasteiger charge is 2.13. The second-order valence-corrected chi connectivity index (χ2v) is 4.98. The highest BCUT2D eigenvalue weighted by Crippen LogP contribution is 2.21. The molecule has 0 radical (unpaired) electrons. The molecule has 15 heavy (non-hydrogen) atoms. The number of nitrogens with one attached hydrogen (secondary N) is 1. The fourth-order valence-corrected chi connectivity index (χ4v) is 2.13. The van der Waals surface area contributed by atoms with Crippen molar-refractivity contribution in [3.63, 3.8) is 0 Å². The quantitative estimate of drug-likeness (QED) is 0.666. The first kappa shape index (κ1) is 12.3. The molecule has 5 nitrogen and oxygen atoms in total. The van der Waals surface area contributed by atoms with Crippen molar-refractivity contribution in [3.05, 3.63) is 23.2 Å². The van der Waals surface area contributed by atoms with Crippen molar-refractivity contribution in [3.8, 4) is 0 Å². The van der Waals surface area contributed by atoms with Crippen LogP contribution in [0.1, 0.15) is 0 Å². The normalized spacial score (nSPS) is 11.6. The number of hydrogen-bond acceptors (Lipinski definition) is 4. The lowest BCUT2D eigenvalue weighted by atomic mass is 10.3. The van der Waals surface area contributed by atoms with Crippen LogP contribution in [0, 0.1) is 0 Å². The van der Waals surface area contributed by atoms with Crippen LogP contribution in [0.15, 0.2) is 23.1 Å². The average Bonchev–Trinajstić information content (AvgIpc) is 2.19. The van der Waals surface area contributed by atoms with Crippen molar-refractivity contribution in [2.75, 3.05) is 18.9 Å². The minimum absolute atomic E-state index is 0.0258. The fraction of sp³-hybridized carbons (Fsp3) is 0.250. The van der Waals surface area contributed by atoms with Crippen molar-refractivity contribution in [2.45, 2.75) is 4.90 Å². The molecular formula is C8H11ClN2O3S. The largest absolute Gasteiger partial charge is 0.397 e. The highest BCUT2D eigenvalue weighted by atomic mass is 35.5. The lowest BCUT2D eigenvalue weighted by molar-refractivity contribution is 0.301. The zero-order chi connectivity index (χ0) is 11.5. The number of rotatable bonds is 4. The molecule has 0 aromatic heterocycles. The predicted molar refractivity (Wildman–Crippen MR) is 58.1 cm³/mol. The molecule has 0 saturated heterocycles. The average molecular weight is 251 g/mol. The first-order chi connectivity index (χ1) is 6.97. The number of nitrogen functional groups attached to an aromatic ring is 1. The summed E-state index contributed by atoms with van der Waals surface area (Å²) in [6.45, 7) is -0.298. The Hall–Kier alpha value is -0.820. The van der Waals surface area contributed by atoms with Gasteiger partial charge in [-0.05, 0) is 18.2 Å². The first-order valence-corrected chi connectivity index (χ1v) is 5.99. The number of anilines is 1. The third-order valence-corrected chi connectivity index (χ3v) is 3.48. The molecule has 0 aliphatic carbocycles. The Balaban J connectivity index is 3.00. The number of nitrogens with two attached hydrogens (primary N) is 1. The molecule has 1 aromatic carbocycles. The van der Waals surface area contributed by atoms with Gasteiger partial charge in [-0.15, -0.1) is 0 Å². The maximum Gasteiger partial charge on any atom is 0.240 e. The Bertz CT molecular complexity index is 447. The number of halogens is 1. The van der Waals surface area contributed by atoms with Crippen LogP contribution >= 0.6 is 11.6 Å². The van der Waals surface area contributed by atoms with E-state index in [4.69, 9.17) is 22.4 Å². The van der Waals surface area contributed by atoms with Crippen molar-refractivity contribution in [2.24, 2.45) is 0 Å². The molecule has 0 bridgehead atoms. The molecule has 0 unspecified atom stereocenters. The van der Waals surface area contributed by atoms with Gasteiger partial charge in [0, 0.05) is 6.54 Å². The minimum atomic E-state index is -3.61. The Morgan fingerprint density at radius 1 is 1.47 bits per heavy atom. The molecule has 1 rings (SSSR count). The third-order valence-electron chi connectivity index (χ3n) is 1.68. The van der Waals surface area contributed by atoms with E-state index in [2.05, 4.69) is 4.72 Å². The van der Waals surface area contributed by atoms with E-state index in [-0.39, 0.29) is 23.7 Å². The summed E-state index contributed by atoms with van der Waals surface area (Å²) in [5.41, 5.74) is 5.67. The topological polar surface area (TPSA) is 92.4 Å². The van der Waals surface area contributed by atoms with Crippen molar-refractivity contribution in [1.29, 1.82) is 0 Å². The van der Waals surface area contributed by atoms with Crippen molar-refractivity contribution in [1.82, 2.24) is 4.72 Å². The van der Waals surface area contributed by atoms with Gasteiger partial charge >= 0.3 is 0 Å². The zero-order valence-electron chi connectivity index (χ0n) is 7.77. The standard InChI is InChI=1S/C8H11ClN2O3S/c9-7-2-1-6(5-8(7)10)15(13,14)11-3-4-12/h1-2,5,11-12H,3-4,10H2. The van der Waals surface area contributed by atoms with Crippen LogP contribution in [-0.4, -0.2) is 26.7 Å². The van der Waals surface area contributed by atoms with Crippen LogP contribution in [0.5, 0.6) is 0 Å². The van der Waals surface area contributed by atoms with Gasteiger partial charge in [-0.3, -0.25) is 0 Å². The molecule has 4 N–H and O–H groups in total. The molecule has 0 heterocycles. The smallest absolute Gasteiger partial charge is 0.240 e. The van der Waals surface area contributed by atoms with Gasteiger partial charge in [0.2, 0.25) is 10.0 Å². The molecule has 0 aliphatic rings. The molecule has 84 valence electrons. The zero-order valence-corrected chi connectivity index (χ0v) is 9.35. The summed E-state index contributed by atoms with van der Waals surface area (Å²) in [6, 6.07) is 4.02. The van der Waals surface area contributed by atoms with Crippen LogP contribution in [0.25, 0.3) is 0 Å². The van der Waals surface area contributed by atoms with Gasteiger partial charge in [-0.1, -0.05) is 11.6 Å². The predicted octanol–water partition coefficient (Wildman–Crippen LogP) is 0.193. The Morgan fingerprint density at radius 3 is 2.67 bits per heavy atom. The number of benzene rings is 1. The number of aliphatic hydroxyl groups is 1. The summed E-state index contributed by atoms with van der Waals surface area (Å²) in [5.74, 6) is 0. The number of sulfonamides is 1. The molecule has 0 spiro atoms. The second-order valence-electron chi connectivity index (χ2n) is 2.80. The summed E-state index contributed by atoms with van der Waals surface area (Å²) in [6.07, 6.45) is 0. The summed E-state index contributed by atoms with van der Waals surface area (Å²) < 4.78 is 25.3. The van der Waals surface area contributed by atoms with Crippen LogP contribution in [-0.2, 0) is 10.0 Å². The molecule has 1 aromatic rings. The van der Waals surface area contributed by atoms with Crippen molar-refractivity contribution >= 4 is 27.3 Å². The maximum atomic E-state index is 11.5. The van der Waals surface area contributed by atoms with Crippen LogP contribution in [0.4, 0.5) is 5.69 Å². The molecular weight excluding hydrogens is 240 g/mol. The van der Waals surface area contributed by atoms with Gasteiger partial charge in [0.05, 0.1) is 22.2 Å². The summed E-state index contributed by atoms with van der Waals surface area (Å²) >= 11 is 5.65. The van der Waals surface area contributed by atoms with Gasteiger partial charge in [-0.2, -0.15) is 0 Å². The Kier molecular flexibility index (Phi) is 3.92. The van der Waals surface area contributed by atoms with E-state index in [0.29, 0.717) is 5.02 Å². The number of aliphatic hydroxyl groups excluding tert-OH is 1. The SMILES string of the molecule is Nc1cc(S(=O)(=O)NCCO)ccc1Cl. The van der Waals surface area contributed by atoms with Crippen LogP contribution in [0.2, 0.25) is 5.02 Å². The molecule has 0 atom stereocenters. The van der Waals surface area contributed by atoms with E-state index in [1.165, 1.54) is 18.2 Å². The van der Waals surface area contributed by atoms with Gasteiger partial charge < -0.3 is 10.8 Å². The van der Waals surface area contributed by atoms with E-state index in [1.54, 1.807) is 0 Å². The summed E-state index contributed by atoms with van der Waals surface area (Å²) in [4.78, 5) is 0.0258. The summed E-state index contributed by atoms with van der Waals surface area (Å²) in [5, 5.41) is 8.80. The maximum absolute atomic E-state index is 11.5. The van der Waals surface area contributed by atoms with Crippen molar-refractivity contribution < 1.29 is 13.5 Å². The number of hydrogen-bond donors (Lipinski definition) is 3. The van der Waals surface area contributed by atoms with E-state index >= 15 is 0 Å². The Morgan fingerprint density at radius 2 is 2.13 bits per heavy atom.